The van der Waals surface area contributed by atoms with Gasteiger partial charge >= 0.3 is 5.97 Å². The number of aliphatic hydroxyl groups is 3. The molecule has 2 heterocycles. The van der Waals surface area contributed by atoms with Crippen LogP contribution in [-0.4, -0.2) is 77.4 Å². The summed E-state index contributed by atoms with van der Waals surface area (Å²) in [6.45, 7) is 13.7. The van der Waals surface area contributed by atoms with Crippen LogP contribution in [0.2, 0.25) is 0 Å². The zero-order chi connectivity index (χ0) is 26.3. The van der Waals surface area contributed by atoms with Crippen molar-refractivity contribution in [2.75, 3.05) is 19.8 Å². The normalized spacial score (nSPS) is 50.5. The molecule has 6 rings (SSSR count). The van der Waals surface area contributed by atoms with Crippen LogP contribution >= 0.6 is 0 Å². The number of aliphatic hydroxyl groups excluding tert-OH is 2. The van der Waals surface area contributed by atoms with Crippen LogP contribution < -0.4 is 0 Å². The van der Waals surface area contributed by atoms with E-state index < -0.39 is 76.3 Å². The van der Waals surface area contributed by atoms with E-state index in [-0.39, 0.29) is 26.2 Å². The Kier molecular flexibility index (Phi) is 6.41. The molecule has 0 aromatic carbocycles. The Morgan fingerprint density at radius 3 is 2.44 bits per heavy atom. The van der Waals surface area contributed by atoms with Crippen LogP contribution in [0.3, 0.4) is 0 Å². The third-order valence-electron chi connectivity index (χ3n) is 9.91. The maximum atomic E-state index is 12.7. The fraction of sp³-hybridized carbons (Fsp3) is 0.885. The molecule has 2 aliphatic heterocycles. The molecule has 0 radical (unpaired) electrons. The number of esters is 1. The van der Waals surface area contributed by atoms with E-state index in [2.05, 4.69) is 20.4 Å². The molecule has 6 aliphatic rings. The van der Waals surface area contributed by atoms with E-state index in [9.17, 15) is 20.1 Å². The summed E-state index contributed by atoms with van der Waals surface area (Å²) in [5.41, 5.74) is -2.53. The van der Waals surface area contributed by atoms with Gasteiger partial charge in [-0.3, -0.25) is 4.79 Å². The first-order chi connectivity index (χ1) is 16.9. The van der Waals surface area contributed by atoms with Gasteiger partial charge in [-0.25, -0.2) is 19.6 Å². The molecular formula is C26H40O10. The number of carbonyl (C=O) groups is 1. The van der Waals surface area contributed by atoms with Crippen LogP contribution in [0.15, 0.2) is 12.2 Å². The molecule has 2 spiro atoms. The first-order valence-corrected chi connectivity index (χ1v) is 13.1. The molecule has 4 aliphatic carbocycles. The van der Waals surface area contributed by atoms with E-state index in [1.807, 2.05) is 0 Å². The van der Waals surface area contributed by atoms with E-state index in [0.717, 1.165) is 0 Å². The third kappa shape index (κ3) is 3.04. The van der Waals surface area contributed by atoms with Crippen LogP contribution in [0.5, 0.6) is 0 Å². The highest BCUT2D eigenvalue weighted by Crippen LogP contribution is 2.78. The average molecular weight is 513 g/mol. The van der Waals surface area contributed by atoms with Crippen molar-refractivity contribution in [2.45, 2.75) is 90.2 Å². The van der Waals surface area contributed by atoms with Crippen molar-refractivity contribution >= 4 is 5.97 Å². The molecule has 0 aromatic heterocycles. The summed E-state index contributed by atoms with van der Waals surface area (Å²) in [5, 5.41) is 36.4. The Labute approximate surface area is 211 Å². The predicted octanol–water partition coefficient (Wildman–Crippen LogP) is 1.66. The highest BCUT2D eigenvalue weighted by molar-refractivity contribution is 5.66. The Morgan fingerprint density at radius 1 is 1.14 bits per heavy atom. The lowest BCUT2D eigenvalue weighted by Gasteiger charge is -2.76. The minimum absolute atomic E-state index is 0.000146. The smallest absolute Gasteiger partial charge is 0.302 e. The van der Waals surface area contributed by atoms with Gasteiger partial charge in [-0.15, -0.1) is 0 Å². The standard InChI is InChI=1S/C26H40O10/c1-7-32-35-21-13(3)15-11-16(34-14(4)27)18-24-12-31-26(30,25(18,21)20(15)29)22(36-33-8-2)19(24)23(5,6)10-9-17(24)28/h15-22,28-30H,3,7-12H2,1-2,4-6H3/t15-,16+,17-,18?,19-,20+,21?,22+,24?,25-,26?/m0/s1. The molecule has 4 unspecified atom stereocenters. The number of rotatable bonds is 7. The van der Waals surface area contributed by atoms with Crippen LogP contribution in [0.25, 0.3) is 0 Å². The highest BCUT2D eigenvalue weighted by atomic mass is 17.2. The zero-order valence-electron chi connectivity index (χ0n) is 21.8. The van der Waals surface area contributed by atoms with Crippen molar-refractivity contribution in [3.05, 3.63) is 12.2 Å². The molecule has 0 amide bonds. The van der Waals surface area contributed by atoms with Gasteiger partial charge in [0.15, 0.2) is 6.10 Å². The molecule has 0 aromatic rings. The average Bonchev–Trinajstić information content (AvgIpc) is 2.93. The first-order valence-electron chi connectivity index (χ1n) is 13.1. The van der Waals surface area contributed by atoms with Crippen molar-refractivity contribution in [1.29, 1.82) is 0 Å². The van der Waals surface area contributed by atoms with Crippen LogP contribution in [0.1, 0.15) is 53.9 Å². The lowest BCUT2D eigenvalue weighted by Crippen LogP contribution is -2.88. The molecule has 36 heavy (non-hydrogen) atoms. The van der Waals surface area contributed by atoms with E-state index in [1.165, 1.54) is 6.92 Å². The van der Waals surface area contributed by atoms with Gasteiger partial charge in [0, 0.05) is 30.1 Å². The van der Waals surface area contributed by atoms with Gasteiger partial charge in [-0.05, 0) is 44.1 Å². The molecule has 11 atom stereocenters. The zero-order valence-corrected chi connectivity index (χ0v) is 21.8. The molecule has 3 N–H and O–H groups in total. The van der Waals surface area contributed by atoms with Crippen LogP contribution in [-0.2, 0) is 33.8 Å². The van der Waals surface area contributed by atoms with E-state index >= 15 is 0 Å². The molecule has 204 valence electrons. The molecular weight excluding hydrogens is 472 g/mol. The van der Waals surface area contributed by atoms with E-state index in [1.54, 1.807) is 13.8 Å². The molecule has 10 heteroatoms. The molecule has 2 saturated heterocycles. The second kappa shape index (κ2) is 8.71. The van der Waals surface area contributed by atoms with Crippen molar-refractivity contribution in [3.8, 4) is 0 Å². The largest absolute Gasteiger partial charge is 0.462 e. The van der Waals surface area contributed by atoms with E-state index in [4.69, 9.17) is 29.0 Å². The number of hydrogen-bond donors (Lipinski definition) is 3. The third-order valence-corrected chi connectivity index (χ3v) is 9.91. The fourth-order valence-corrected chi connectivity index (χ4v) is 8.95. The van der Waals surface area contributed by atoms with Gasteiger partial charge in [0.1, 0.15) is 12.2 Å². The van der Waals surface area contributed by atoms with Gasteiger partial charge in [0.2, 0.25) is 5.79 Å². The predicted molar refractivity (Wildman–Crippen MR) is 124 cm³/mol. The minimum Gasteiger partial charge on any atom is -0.462 e. The van der Waals surface area contributed by atoms with Gasteiger partial charge < -0.3 is 24.8 Å². The van der Waals surface area contributed by atoms with Gasteiger partial charge in [-0.1, -0.05) is 20.4 Å². The maximum absolute atomic E-state index is 12.7. The Balaban J connectivity index is 1.80. The second-order valence-electron chi connectivity index (χ2n) is 11.8. The Bertz CT molecular complexity index is 907. The topological polar surface area (TPSA) is 133 Å². The number of carbonyl (C=O) groups excluding carboxylic acids is 1. The Hall–Kier alpha value is -1.11. The second-order valence-corrected chi connectivity index (χ2v) is 11.8. The summed E-state index contributed by atoms with van der Waals surface area (Å²) in [7, 11) is 0. The fourth-order valence-electron chi connectivity index (χ4n) is 8.95. The van der Waals surface area contributed by atoms with Crippen LogP contribution in [0.4, 0.5) is 0 Å². The van der Waals surface area contributed by atoms with Crippen molar-refractivity contribution in [1.82, 2.24) is 0 Å². The summed E-state index contributed by atoms with van der Waals surface area (Å²) < 4.78 is 12.2. The molecule has 4 saturated carbocycles. The summed E-state index contributed by atoms with van der Waals surface area (Å²) in [4.78, 5) is 35.0. The van der Waals surface area contributed by atoms with Crippen LogP contribution in [0, 0.1) is 34.0 Å². The monoisotopic (exact) mass is 512 g/mol. The maximum Gasteiger partial charge on any atom is 0.302 e. The number of ether oxygens (including phenoxy) is 2. The summed E-state index contributed by atoms with van der Waals surface area (Å²) in [6.07, 6.45) is -3.42. The molecule has 4 bridgehead atoms. The number of hydrogen-bond acceptors (Lipinski definition) is 10. The van der Waals surface area contributed by atoms with Crippen molar-refractivity contribution < 1.29 is 49.1 Å². The summed E-state index contributed by atoms with van der Waals surface area (Å²) >= 11 is 0. The number of fused-ring (bicyclic) bond motifs is 2. The quantitative estimate of drug-likeness (QED) is 0.200. The minimum atomic E-state index is -2.12. The SMILES string of the molecule is C=C1C(OOCC)[C@]23C([C@H](OC(C)=O)C[C@@H]1[C@H]2O)C12COC3(O)[C@H](OOCC)[C@H]1C(C)(C)CC[C@@H]2O. The first kappa shape index (κ1) is 26.5. The van der Waals surface area contributed by atoms with Crippen molar-refractivity contribution in [2.24, 2.45) is 34.0 Å². The molecule has 6 fully saturated rings. The van der Waals surface area contributed by atoms with Crippen molar-refractivity contribution in [3.63, 3.8) is 0 Å². The lowest BCUT2D eigenvalue weighted by atomic mass is 9.35. The van der Waals surface area contributed by atoms with E-state index in [0.29, 0.717) is 18.4 Å². The van der Waals surface area contributed by atoms with Gasteiger partial charge in [0.25, 0.3) is 0 Å². The van der Waals surface area contributed by atoms with Gasteiger partial charge in [-0.2, -0.15) is 0 Å². The highest BCUT2D eigenvalue weighted by Gasteiger charge is 2.89. The summed E-state index contributed by atoms with van der Waals surface area (Å²) in [5.74, 6) is -4.33. The summed E-state index contributed by atoms with van der Waals surface area (Å²) in [6, 6.07) is 0. The molecule has 10 nitrogen and oxygen atoms in total. The Morgan fingerprint density at radius 2 is 1.81 bits per heavy atom. The lowest BCUT2D eigenvalue weighted by molar-refractivity contribution is -0.530. The van der Waals surface area contributed by atoms with Gasteiger partial charge in [0.05, 0.1) is 37.4 Å².